The third-order valence-electron chi connectivity index (χ3n) is 3.39. The SMILES string of the molecule is CCCNC(CC(C)C)c1cccc2cccnc12. The van der Waals surface area contributed by atoms with Crippen molar-refractivity contribution < 1.29 is 0 Å². The van der Waals surface area contributed by atoms with E-state index in [1.54, 1.807) is 0 Å². The number of nitrogens with one attached hydrogen (secondary N) is 1. The van der Waals surface area contributed by atoms with Gasteiger partial charge in [0.1, 0.15) is 0 Å². The molecule has 0 saturated carbocycles. The number of para-hydroxylation sites is 1. The first-order valence-corrected chi connectivity index (χ1v) is 7.29. The fraction of sp³-hybridized carbons (Fsp3) is 0.471. The topological polar surface area (TPSA) is 24.9 Å². The molecule has 1 unspecified atom stereocenters. The summed E-state index contributed by atoms with van der Waals surface area (Å²) in [7, 11) is 0. The van der Waals surface area contributed by atoms with Gasteiger partial charge in [-0.05, 0) is 36.9 Å². The van der Waals surface area contributed by atoms with Crippen LogP contribution in [0.15, 0.2) is 36.5 Å². The zero-order valence-electron chi connectivity index (χ0n) is 12.2. The summed E-state index contributed by atoms with van der Waals surface area (Å²) in [6.45, 7) is 7.82. The Labute approximate surface area is 116 Å². The van der Waals surface area contributed by atoms with Gasteiger partial charge in [0.2, 0.25) is 0 Å². The van der Waals surface area contributed by atoms with Gasteiger partial charge in [0, 0.05) is 17.6 Å². The highest BCUT2D eigenvalue weighted by atomic mass is 14.9. The molecule has 2 aromatic rings. The van der Waals surface area contributed by atoms with Crippen LogP contribution in [0.3, 0.4) is 0 Å². The second kappa shape index (κ2) is 6.67. The van der Waals surface area contributed by atoms with Gasteiger partial charge in [-0.25, -0.2) is 0 Å². The molecule has 1 aromatic heterocycles. The molecule has 2 rings (SSSR count). The van der Waals surface area contributed by atoms with Crippen molar-refractivity contribution in [2.45, 2.75) is 39.7 Å². The van der Waals surface area contributed by atoms with E-state index in [-0.39, 0.29) is 0 Å². The lowest BCUT2D eigenvalue weighted by Gasteiger charge is -2.22. The van der Waals surface area contributed by atoms with Gasteiger partial charge >= 0.3 is 0 Å². The van der Waals surface area contributed by atoms with Crippen LogP contribution in [0, 0.1) is 5.92 Å². The van der Waals surface area contributed by atoms with E-state index in [0.29, 0.717) is 12.0 Å². The van der Waals surface area contributed by atoms with Gasteiger partial charge < -0.3 is 5.32 Å². The highest BCUT2D eigenvalue weighted by Crippen LogP contribution is 2.27. The number of nitrogens with zero attached hydrogens (tertiary/aromatic N) is 1. The average molecular weight is 256 g/mol. The van der Waals surface area contributed by atoms with Crippen molar-refractivity contribution in [1.82, 2.24) is 10.3 Å². The summed E-state index contributed by atoms with van der Waals surface area (Å²) in [5.41, 5.74) is 2.47. The third-order valence-corrected chi connectivity index (χ3v) is 3.39. The Bertz CT molecular complexity index is 514. The molecular weight excluding hydrogens is 232 g/mol. The zero-order valence-corrected chi connectivity index (χ0v) is 12.2. The smallest absolute Gasteiger partial charge is 0.0749 e. The minimum atomic E-state index is 0.401. The van der Waals surface area contributed by atoms with Crippen molar-refractivity contribution >= 4 is 10.9 Å². The average Bonchev–Trinajstić information content (AvgIpc) is 2.42. The number of hydrogen-bond acceptors (Lipinski definition) is 2. The molecule has 0 fully saturated rings. The number of hydrogen-bond donors (Lipinski definition) is 1. The maximum absolute atomic E-state index is 4.58. The number of fused-ring (bicyclic) bond motifs is 1. The molecule has 2 heteroatoms. The van der Waals surface area contributed by atoms with Crippen molar-refractivity contribution in [1.29, 1.82) is 0 Å². The molecule has 0 aliphatic rings. The first-order valence-electron chi connectivity index (χ1n) is 7.29. The van der Waals surface area contributed by atoms with Crippen LogP contribution >= 0.6 is 0 Å². The lowest BCUT2D eigenvalue weighted by Crippen LogP contribution is -2.24. The Balaban J connectivity index is 2.37. The van der Waals surface area contributed by atoms with E-state index in [2.05, 4.69) is 55.3 Å². The Morgan fingerprint density at radius 3 is 2.68 bits per heavy atom. The molecule has 1 N–H and O–H groups in total. The summed E-state index contributed by atoms with van der Waals surface area (Å²) in [5, 5.41) is 4.90. The van der Waals surface area contributed by atoms with E-state index in [1.165, 1.54) is 10.9 Å². The standard InChI is InChI=1S/C17H24N2/c1-4-10-18-16(12-13(2)3)15-9-5-7-14-8-6-11-19-17(14)15/h5-9,11,13,16,18H,4,10,12H2,1-3H3. The van der Waals surface area contributed by atoms with Crippen LogP contribution < -0.4 is 5.32 Å². The Kier molecular flexibility index (Phi) is 4.92. The van der Waals surface area contributed by atoms with Gasteiger partial charge in [-0.3, -0.25) is 4.98 Å². The summed E-state index contributed by atoms with van der Waals surface area (Å²) < 4.78 is 0. The molecule has 1 atom stereocenters. The van der Waals surface area contributed by atoms with Crippen LogP contribution in [0.5, 0.6) is 0 Å². The maximum Gasteiger partial charge on any atom is 0.0749 e. The first-order chi connectivity index (χ1) is 9.22. The normalized spacial score (nSPS) is 13.1. The van der Waals surface area contributed by atoms with Crippen LogP contribution in [0.4, 0.5) is 0 Å². The van der Waals surface area contributed by atoms with Crippen molar-refractivity contribution in [3.05, 3.63) is 42.1 Å². The highest BCUT2D eigenvalue weighted by Gasteiger charge is 2.15. The van der Waals surface area contributed by atoms with Gasteiger partial charge in [-0.15, -0.1) is 0 Å². The van der Waals surface area contributed by atoms with Crippen molar-refractivity contribution in [3.8, 4) is 0 Å². The minimum absolute atomic E-state index is 0.401. The number of pyridine rings is 1. The summed E-state index contributed by atoms with van der Waals surface area (Å²) in [5.74, 6) is 0.674. The Morgan fingerprint density at radius 1 is 1.16 bits per heavy atom. The molecule has 0 bridgehead atoms. The van der Waals surface area contributed by atoms with Crippen molar-refractivity contribution in [2.24, 2.45) is 5.92 Å². The van der Waals surface area contributed by atoms with Gasteiger partial charge in [0.25, 0.3) is 0 Å². The van der Waals surface area contributed by atoms with E-state index < -0.39 is 0 Å². The molecule has 19 heavy (non-hydrogen) atoms. The molecule has 0 saturated heterocycles. The molecule has 0 radical (unpaired) electrons. The van der Waals surface area contributed by atoms with Crippen LogP contribution in [0.25, 0.3) is 10.9 Å². The summed E-state index contributed by atoms with van der Waals surface area (Å²) >= 11 is 0. The lowest BCUT2D eigenvalue weighted by atomic mass is 9.95. The summed E-state index contributed by atoms with van der Waals surface area (Å²) in [6, 6.07) is 11.0. The maximum atomic E-state index is 4.58. The van der Waals surface area contributed by atoms with Crippen LogP contribution in [0.1, 0.15) is 45.2 Å². The molecule has 0 aliphatic carbocycles. The van der Waals surface area contributed by atoms with Gasteiger partial charge in [0.05, 0.1) is 5.52 Å². The highest BCUT2D eigenvalue weighted by molar-refractivity contribution is 5.81. The summed E-state index contributed by atoms with van der Waals surface area (Å²) in [4.78, 5) is 4.58. The number of rotatable bonds is 6. The quantitative estimate of drug-likeness (QED) is 0.832. The molecule has 0 aliphatic heterocycles. The van der Waals surface area contributed by atoms with Gasteiger partial charge in [0.15, 0.2) is 0 Å². The monoisotopic (exact) mass is 256 g/mol. The van der Waals surface area contributed by atoms with Crippen LogP contribution in [0.2, 0.25) is 0 Å². The third kappa shape index (κ3) is 3.54. The zero-order chi connectivity index (χ0) is 13.7. The first kappa shape index (κ1) is 14.0. The van der Waals surface area contributed by atoms with Crippen LogP contribution in [-0.4, -0.2) is 11.5 Å². The van der Waals surface area contributed by atoms with Gasteiger partial charge in [-0.2, -0.15) is 0 Å². The van der Waals surface area contributed by atoms with E-state index >= 15 is 0 Å². The number of aromatic nitrogens is 1. The van der Waals surface area contributed by atoms with Crippen molar-refractivity contribution in [2.75, 3.05) is 6.54 Å². The fourth-order valence-electron chi connectivity index (χ4n) is 2.52. The predicted molar refractivity (Wildman–Crippen MR) is 82.2 cm³/mol. The molecule has 2 nitrogen and oxygen atoms in total. The van der Waals surface area contributed by atoms with E-state index in [4.69, 9.17) is 0 Å². The lowest BCUT2D eigenvalue weighted by molar-refractivity contribution is 0.432. The van der Waals surface area contributed by atoms with E-state index in [9.17, 15) is 0 Å². The van der Waals surface area contributed by atoms with Gasteiger partial charge in [-0.1, -0.05) is 45.0 Å². The Morgan fingerprint density at radius 2 is 1.95 bits per heavy atom. The second-order valence-electron chi connectivity index (χ2n) is 5.56. The van der Waals surface area contributed by atoms with Crippen LogP contribution in [-0.2, 0) is 0 Å². The summed E-state index contributed by atoms with van der Waals surface area (Å²) in [6.07, 6.45) is 4.20. The molecule has 1 aromatic carbocycles. The molecule has 0 spiro atoms. The number of benzene rings is 1. The second-order valence-corrected chi connectivity index (χ2v) is 5.56. The molecular formula is C17H24N2. The van der Waals surface area contributed by atoms with Crippen molar-refractivity contribution in [3.63, 3.8) is 0 Å². The minimum Gasteiger partial charge on any atom is -0.310 e. The molecule has 1 heterocycles. The fourth-order valence-corrected chi connectivity index (χ4v) is 2.52. The van der Waals surface area contributed by atoms with E-state index in [0.717, 1.165) is 24.9 Å². The molecule has 0 amide bonds. The largest absolute Gasteiger partial charge is 0.310 e. The predicted octanol–water partition coefficient (Wildman–Crippen LogP) is 4.32. The Hall–Kier alpha value is -1.41. The molecule has 102 valence electrons. The van der Waals surface area contributed by atoms with E-state index in [1.807, 2.05) is 12.3 Å².